The first kappa shape index (κ1) is 6.28. The molecule has 0 aliphatic rings. The van der Waals surface area contributed by atoms with E-state index in [9.17, 15) is 0 Å². The van der Waals surface area contributed by atoms with E-state index in [1.807, 2.05) is 13.0 Å². The molecular weight excluding hydrogens is 139 g/mol. The summed E-state index contributed by atoms with van der Waals surface area (Å²) in [5.41, 5.74) is 0. The lowest BCUT2D eigenvalue weighted by Crippen LogP contribution is -1.77. The van der Waals surface area contributed by atoms with Gasteiger partial charge < -0.3 is 0 Å². The zero-order valence-corrected chi connectivity index (χ0v) is 5.27. The molecule has 2 heteroatoms. The van der Waals surface area contributed by atoms with Crippen LogP contribution in [-0.4, -0.2) is 12.7 Å². The molecule has 2 radical (unpaired) electrons. The molecule has 0 heterocycles. The summed E-state index contributed by atoms with van der Waals surface area (Å²) in [7, 11) is 5.02. The van der Waals surface area contributed by atoms with Gasteiger partial charge in [0.25, 0.3) is 0 Å². The Labute approximate surface area is 48.2 Å². The van der Waals surface area contributed by atoms with Crippen molar-refractivity contribution in [1.29, 1.82) is 0 Å². The highest BCUT2D eigenvalue weighted by molar-refractivity contribution is 9.09. The molecule has 0 N–H and O–H groups in total. The molecule has 0 nitrogen and oxygen atoms in total. The smallest absolute Gasteiger partial charge is 0.102 e. The van der Waals surface area contributed by atoms with E-state index in [-0.39, 0.29) is 0 Å². The molecule has 0 spiro atoms. The largest absolute Gasteiger partial charge is 0.134 e. The first-order chi connectivity index (χ1) is 2.77. The van der Waals surface area contributed by atoms with E-state index in [4.69, 9.17) is 7.85 Å². The summed E-state index contributed by atoms with van der Waals surface area (Å²) in [4.78, 5) is 0.405. The number of alkyl halides is 1. The monoisotopic (exact) mass is 144 g/mol. The van der Waals surface area contributed by atoms with Crippen LogP contribution in [0.3, 0.4) is 0 Å². The number of halogens is 1. The van der Waals surface area contributed by atoms with Gasteiger partial charge in [-0.1, -0.05) is 22.0 Å². The van der Waals surface area contributed by atoms with Crippen molar-refractivity contribution >= 4 is 23.8 Å². The summed E-state index contributed by atoms with van der Waals surface area (Å²) in [5, 5.41) is 0. The van der Waals surface area contributed by atoms with Crippen LogP contribution in [0.25, 0.3) is 0 Å². The molecule has 1 atom stereocenters. The molecule has 0 saturated heterocycles. The average Bonchev–Trinajstić information content (AvgIpc) is 1.35. The van der Waals surface area contributed by atoms with Gasteiger partial charge in [-0.2, -0.15) is 0 Å². The lowest BCUT2D eigenvalue weighted by molar-refractivity contribution is 1.28. The lowest BCUT2D eigenvalue weighted by atomic mass is 10.1. The molecule has 32 valence electrons. The molecule has 0 aromatic rings. The van der Waals surface area contributed by atoms with Gasteiger partial charge in [0.05, 0.1) is 0 Å². The van der Waals surface area contributed by atoms with Crippen LogP contribution in [0, 0.1) is 0 Å². The maximum atomic E-state index is 5.02. The number of hydrogen-bond donors (Lipinski definition) is 0. The summed E-state index contributed by atoms with van der Waals surface area (Å²) >= 11 is 3.27. The van der Waals surface area contributed by atoms with Gasteiger partial charge in [0.15, 0.2) is 0 Å². The van der Waals surface area contributed by atoms with Crippen molar-refractivity contribution in [2.45, 2.75) is 11.8 Å². The predicted octanol–water partition coefficient (Wildman–Crippen LogP) is 1.45. The minimum absolute atomic E-state index is 0.405. The van der Waals surface area contributed by atoms with E-state index in [2.05, 4.69) is 15.9 Å². The van der Waals surface area contributed by atoms with Gasteiger partial charge in [0.2, 0.25) is 0 Å². The fourth-order valence-corrected chi connectivity index (χ4v) is 0.329. The van der Waals surface area contributed by atoms with Crippen LogP contribution in [0.2, 0.25) is 0 Å². The van der Waals surface area contributed by atoms with Crippen molar-refractivity contribution in [2.75, 3.05) is 0 Å². The molecule has 0 aliphatic carbocycles. The molecule has 0 aromatic heterocycles. The zero-order valence-electron chi connectivity index (χ0n) is 3.69. The minimum Gasteiger partial charge on any atom is -0.134 e. The molecule has 1 unspecified atom stereocenters. The van der Waals surface area contributed by atoms with Crippen LogP contribution in [0.15, 0.2) is 12.1 Å². The summed E-state index contributed by atoms with van der Waals surface area (Å²) in [5.74, 6) is 1.53. The van der Waals surface area contributed by atoms with E-state index in [1.165, 1.54) is 5.98 Å². The maximum Gasteiger partial charge on any atom is 0.102 e. The van der Waals surface area contributed by atoms with Crippen LogP contribution < -0.4 is 0 Å². The summed E-state index contributed by atoms with van der Waals surface area (Å²) < 4.78 is 0. The standard InChI is InChI=1S/C4H6BBr/c1-4(6)2-3-5/h2-4H,1H3/b3-2+. The van der Waals surface area contributed by atoms with Crippen LogP contribution in [0.5, 0.6) is 0 Å². The molecular formula is C4H6BBr. The summed E-state index contributed by atoms with van der Waals surface area (Å²) in [6, 6.07) is 0. The summed E-state index contributed by atoms with van der Waals surface area (Å²) in [6.45, 7) is 2.00. The van der Waals surface area contributed by atoms with Gasteiger partial charge in [0.1, 0.15) is 7.85 Å². The Kier molecular flexibility index (Phi) is 3.64. The van der Waals surface area contributed by atoms with Crippen molar-refractivity contribution in [1.82, 2.24) is 0 Å². The number of allylic oxidation sites excluding steroid dienone is 1. The van der Waals surface area contributed by atoms with Gasteiger partial charge in [0, 0.05) is 4.83 Å². The Morgan fingerprint density at radius 2 is 2.33 bits per heavy atom. The van der Waals surface area contributed by atoms with Crippen LogP contribution in [-0.2, 0) is 0 Å². The van der Waals surface area contributed by atoms with Crippen LogP contribution in [0.4, 0.5) is 0 Å². The molecule has 6 heavy (non-hydrogen) atoms. The predicted molar refractivity (Wildman–Crippen MR) is 33.3 cm³/mol. The minimum atomic E-state index is 0.405. The first-order valence-corrected chi connectivity index (χ1v) is 2.71. The second-order valence-electron chi connectivity index (χ2n) is 1.06. The van der Waals surface area contributed by atoms with E-state index >= 15 is 0 Å². The van der Waals surface area contributed by atoms with Gasteiger partial charge in [-0.05, 0) is 6.92 Å². The highest BCUT2D eigenvalue weighted by atomic mass is 79.9. The molecule has 0 rings (SSSR count). The molecule has 0 saturated carbocycles. The Balaban J connectivity index is 3.03. The fourth-order valence-electron chi connectivity index (χ4n) is 0.153. The van der Waals surface area contributed by atoms with E-state index < -0.39 is 0 Å². The van der Waals surface area contributed by atoms with E-state index in [0.29, 0.717) is 4.83 Å². The first-order valence-electron chi connectivity index (χ1n) is 1.80. The highest BCUT2D eigenvalue weighted by Crippen LogP contribution is 1.95. The van der Waals surface area contributed by atoms with E-state index in [0.717, 1.165) is 0 Å². The topological polar surface area (TPSA) is 0 Å². The zero-order chi connectivity index (χ0) is 4.99. The van der Waals surface area contributed by atoms with Gasteiger partial charge in [-0.3, -0.25) is 0 Å². The van der Waals surface area contributed by atoms with Crippen molar-refractivity contribution < 1.29 is 0 Å². The number of rotatable bonds is 1. The average molecular weight is 145 g/mol. The summed E-state index contributed by atoms with van der Waals surface area (Å²) in [6.07, 6.45) is 1.86. The Hall–Kier alpha value is 0.285. The van der Waals surface area contributed by atoms with Gasteiger partial charge >= 0.3 is 0 Å². The highest BCUT2D eigenvalue weighted by Gasteiger charge is 1.78. The Morgan fingerprint density at radius 1 is 1.83 bits per heavy atom. The van der Waals surface area contributed by atoms with Gasteiger partial charge in [-0.25, -0.2) is 0 Å². The fraction of sp³-hybridized carbons (Fsp3) is 0.500. The lowest BCUT2D eigenvalue weighted by Gasteiger charge is -1.84. The molecule has 0 aliphatic heterocycles. The third kappa shape index (κ3) is 4.28. The van der Waals surface area contributed by atoms with Crippen molar-refractivity contribution in [3.63, 3.8) is 0 Å². The molecule has 0 amide bonds. The van der Waals surface area contributed by atoms with Crippen molar-refractivity contribution in [3.05, 3.63) is 12.1 Å². The third-order valence-electron chi connectivity index (χ3n) is 0.376. The van der Waals surface area contributed by atoms with Gasteiger partial charge in [-0.15, -0.1) is 5.98 Å². The van der Waals surface area contributed by atoms with Crippen LogP contribution >= 0.6 is 15.9 Å². The van der Waals surface area contributed by atoms with Crippen molar-refractivity contribution in [3.8, 4) is 0 Å². The molecule has 0 aromatic carbocycles. The van der Waals surface area contributed by atoms with Crippen molar-refractivity contribution in [2.24, 2.45) is 0 Å². The van der Waals surface area contributed by atoms with E-state index in [1.54, 1.807) is 0 Å². The third-order valence-corrected chi connectivity index (χ3v) is 0.682. The Bertz CT molecular complexity index is 49.5. The molecule has 0 fully saturated rings. The normalized spacial score (nSPS) is 15.7. The number of hydrogen-bond acceptors (Lipinski definition) is 0. The Morgan fingerprint density at radius 3 is 2.33 bits per heavy atom. The van der Waals surface area contributed by atoms with Crippen LogP contribution in [0.1, 0.15) is 6.92 Å². The quantitative estimate of drug-likeness (QED) is 0.386. The molecule has 0 bridgehead atoms. The second kappa shape index (κ2) is 3.47. The maximum absolute atomic E-state index is 5.02. The second-order valence-corrected chi connectivity index (χ2v) is 2.51. The SMILES string of the molecule is [B]/C=C/C(C)Br.